The molecule has 5 heterocycles. The Morgan fingerprint density at radius 1 is 1.14 bits per heavy atom. The van der Waals surface area contributed by atoms with Gasteiger partial charge in [0, 0.05) is 48.9 Å². The van der Waals surface area contributed by atoms with Gasteiger partial charge in [-0.2, -0.15) is 5.26 Å². The lowest BCUT2D eigenvalue weighted by Gasteiger charge is -2.48. The number of piperazine rings is 1. The van der Waals surface area contributed by atoms with Crippen molar-refractivity contribution in [1.82, 2.24) is 24.8 Å². The number of anilines is 3. The molecule has 4 atom stereocenters. The first kappa shape index (κ1) is 22.9. The Labute approximate surface area is 218 Å². The molecule has 2 aromatic heterocycles. The number of piperidine rings is 1. The van der Waals surface area contributed by atoms with Gasteiger partial charge in [-0.25, -0.2) is 15.0 Å². The second-order valence-corrected chi connectivity index (χ2v) is 12.0. The topological polar surface area (TPSA) is 92.5 Å². The summed E-state index contributed by atoms with van der Waals surface area (Å²) in [6.07, 6.45) is 8.93. The second-order valence-electron chi connectivity index (χ2n) is 12.0. The van der Waals surface area contributed by atoms with E-state index in [2.05, 4.69) is 51.5 Å². The standard InChI is InChI=1S/C28H34N8O/c1-18-15-35(26(37)28-12-21(28)6-10-33(28)3)19(2)14-34(18)24-23-25(32-17-31-24)36(16-27(23)7-4-8-27)22-11-20(13-29)5-9-30-22/h5,9,11,17-19,21H,4,6-8,10,12,14-16H2,1-3H3/t18-,19+,21?,28?/m0/s1. The fraction of sp³-hybridized carbons (Fsp3) is 0.607. The van der Waals surface area contributed by atoms with Gasteiger partial charge >= 0.3 is 0 Å². The van der Waals surface area contributed by atoms with Crippen molar-refractivity contribution in [1.29, 1.82) is 5.26 Å². The first-order chi connectivity index (χ1) is 17.9. The summed E-state index contributed by atoms with van der Waals surface area (Å²) < 4.78 is 0. The molecule has 9 nitrogen and oxygen atoms in total. The molecule has 0 radical (unpaired) electrons. The zero-order valence-corrected chi connectivity index (χ0v) is 21.9. The molecular weight excluding hydrogens is 464 g/mol. The largest absolute Gasteiger partial charge is 0.350 e. The van der Waals surface area contributed by atoms with Crippen LogP contribution in [0.5, 0.6) is 0 Å². The molecule has 192 valence electrons. The van der Waals surface area contributed by atoms with Crippen LogP contribution in [0, 0.1) is 17.2 Å². The highest BCUT2D eigenvalue weighted by atomic mass is 16.2. The summed E-state index contributed by atoms with van der Waals surface area (Å²) in [6.45, 7) is 7.72. The van der Waals surface area contributed by atoms with Gasteiger partial charge < -0.3 is 14.7 Å². The van der Waals surface area contributed by atoms with Crippen LogP contribution in [0.1, 0.15) is 57.1 Å². The summed E-state index contributed by atoms with van der Waals surface area (Å²) in [5.74, 6) is 3.56. The number of nitrogens with zero attached hydrogens (tertiary/aromatic N) is 8. The number of nitriles is 1. The van der Waals surface area contributed by atoms with Crippen molar-refractivity contribution in [3.8, 4) is 6.07 Å². The van der Waals surface area contributed by atoms with Gasteiger partial charge in [0.1, 0.15) is 29.3 Å². The summed E-state index contributed by atoms with van der Waals surface area (Å²) in [5, 5.41) is 9.43. The lowest BCUT2D eigenvalue weighted by atomic mass is 9.66. The Morgan fingerprint density at radius 3 is 2.62 bits per heavy atom. The molecule has 7 rings (SSSR count). The molecule has 0 aromatic carbocycles. The fourth-order valence-electron chi connectivity index (χ4n) is 7.61. The minimum atomic E-state index is -0.242. The van der Waals surface area contributed by atoms with Crippen LogP contribution < -0.4 is 9.80 Å². The van der Waals surface area contributed by atoms with Gasteiger partial charge in [-0.3, -0.25) is 9.69 Å². The van der Waals surface area contributed by atoms with E-state index in [1.165, 1.54) is 12.0 Å². The number of amides is 1. The molecule has 0 bridgehead atoms. The molecule has 1 spiro atoms. The molecule has 2 aliphatic carbocycles. The maximum absolute atomic E-state index is 13.8. The minimum Gasteiger partial charge on any atom is -0.350 e. The lowest BCUT2D eigenvalue weighted by molar-refractivity contribution is -0.140. The molecule has 1 amide bonds. The molecule has 2 saturated carbocycles. The van der Waals surface area contributed by atoms with Crippen LogP contribution in [0.3, 0.4) is 0 Å². The van der Waals surface area contributed by atoms with Crippen molar-refractivity contribution in [3.63, 3.8) is 0 Å². The maximum atomic E-state index is 13.8. The molecule has 9 heteroatoms. The third-order valence-electron chi connectivity index (χ3n) is 9.97. The van der Waals surface area contributed by atoms with E-state index >= 15 is 0 Å². The normalized spacial score (nSPS) is 31.6. The molecule has 4 fully saturated rings. The summed E-state index contributed by atoms with van der Waals surface area (Å²) in [4.78, 5) is 37.1. The Morgan fingerprint density at radius 2 is 1.95 bits per heavy atom. The van der Waals surface area contributed by atoms with Gasteiger partial charge in [0.15, 0.2) is 0 Å². The number of fused-ring (bicyclic) bond motifs is 3. The van der Waals surface area contributed by atoms with Gasteiger partial charge in [-0.05, 0) is 71.2 Å². The Hall–Kier alpha value is -3.25. The molecular formula is C28H34N8O. The highest BCUT2D eigenvalue weighted by Crippen LogP contribution is 2.57. The van der Waals surface area contributed by atoms with Crippen LogP contribution >= 0.6 is 0 Å². The average molecular weight is 499 g/mol. The zero-order valence-electron chi connectivity index (χ0n) is 21.9. The van der Waals surface area contributed by atoms with E-state index in [1.54, 1.807) is 18.6 Å². The van der Waals surface area contributed by atoms with E-state index in [0.717, 1.165) is 62.8 Å². The van der Waals surface area contributed by atoms with Crippen LogP contribution in [-0.2, 0) is 10.2 Å². The van der Waals surface area contributed by atoms with E-state index < -0.39 is 0 Å². The van der Waals surface area contributed by atoms with Crippen LogP contribution in [0.2, 0.25) is 0 Å². The van der Waals surface area contributed by atoms with E-state index in [0.29, 0.717) is 23.9 Å². The number of likely N-dealkylation sites (tertiary alicyclic amines) is 1. The monoisotopic (exact) mass is 498 g/mol. The summed E-state index contributed by atoms with van der Waals surface area (Å²) in [5.41, 5.74) is 1.59. The van der Waals surface area contributed by atoms with Gasteiger partial charge in [0.2, 0.25) is 5.91 Å². The third kappa shape index (κ3) is 3.11. The first-order valence-corrected chi connectivity index (χ1v) is 13.7. The van der Waals surface area contributed by atoms with E-state index in [1.807, 2.05) is 6.07 Å². The number of rotatable bonds is 3. The molecule has 2 unspecified atom stereocenters. The second kappa shape index (κ2) is 7.87. The predicted octanol–water partition coefficient (Wildman–Crippen LogP) is 2.84. The number of aromatic nitrogens is 3. The van der Waals surface area contributed by atoms with Crippen LogP contribution in [-0.4, -0.2) is 81.5 Å². The van der Waals surface area contributed by atoms with Crippen molar-refractivity contribution in [2.24, 2.45) is 5.92 Å². The Bertz CT molecular complexity index is 1320. The minimum absolute atomic E-state index is 0.0128. The van der Waals surface area contributed by atoms with Crippen LogP contribution in [0.4, 0.5) is 17.5 Å². The SMILES string of the molecule is C[C@@H]1CN(c2ncnc3c2C2(CCC2)CN3c2cc(C#N)ccn2)[C@@H](C)CN1C(=O)C12CC1CCN2C. The molecule has 0 N–H and O–H groups in total. The van der Waals surface area contributed by atoms with E-state index in [9.17, 15) is 10.1 Å². The molecule has 3 aliphatic heterocycles. The lowest BCUT2D eigenvalue weighted by Crippen LogP contribution is -2.62. The van der Waals surface area contributed by atoms with E-state index in [-0.39, 0.29) is 23.0 Å². The van der Waals surface area contributed by atoms with Gasteiger partial charge in [0.25, 0.3) is 0 Å². The summed E-state index contributed by atoms with van der Waals surface area (Å²) in [7, 11) is 2.12. The Balaban J connectivity index is 1.21. The number of hydrogen-bond acceptors (Lipinski definition) is 8. The third-order valence-corrected chi connectivity index (χ3v) is 9.97. The van der Waals surface area contributed by atoms with Crippen LogP contribution in [0.15, 0.2) is 24.7 Å². The predicted molar refractivity (Wildman–Crippen MR) is 140 cm³/mol. The molecule has 2 aromatic rings. The number of likely N-dealkylation sites (N-methyl/N-ethyl adjacent to an activating group) is 1. The van der Waals surface area contributed by atoms with Crippen molar-refractivity contribution >= 4 is 23.4 Å². The maximum Gasteiger partial charge on any atom is 0.243 e. The van der Waals surface area contributed by atoms with Crippen LogP contribution in [0.25, 0.3) is 0 Å². The number of carbonyl (C=O) groups excluding carboxylic acids is 1. The number of hydrogen-bond donors (Lipinski definition) is 0. The van der Waals surface area contributed by atoms with Gasteiger partial charge in [-0.1, -0.05) is 6.42 Å². The van der Waals surface area contributed by atoms with Crippen molar-refractivity contribution in [2.75, 3.05) is 43.0 Å². The molecule has 37 heavy (non-hydrogen) atoms. The molecule has 2 saturated heterocycles. The van der Waals surface area contributed by atoms with E-state index in [4.69, 9.17) is 9.97 Å². The highest BCUT2D eigenvalue weighted by Gasteiger charge is 2.67. The van der Waals surface area contributed by atoms with Crippen molar-refractivity contribution in [2.45, 2.75) is 69.0 Å². The quantitative estimate of drug-likeness (QED) is 0.638. The van der Waals surface area contributed by atoms with Gasteiger partial charge in [0.05, 0.1) is 11.6 Å². The fourth-order valence-corrected chi connectivity index (χ4v) is 7.61. The summed E-state index contributed by atoms with van der Waals surface area (Å²) in [6, 6.07) is 6.10. The number of pyridine rings is 1. The zero-order chi connectivity index (χ0) is 25.5. The van der Waals surface area contributed by atoms with Crippen molar-refractivity contribution in [3.05, 3.63) is 35.8 Å². The first-order valence-electron chi connectivity index (χ1n) is 13.7. The molecule has 5 aliphatic rings. The smallest absolute Gasteiger partial charge is 0.243 e. The average Bonchev–Trinajstić information content (AvgIpc) is 3.39. The Kier molecular flexibility index (Phi) is 4.88. The van der Waals surface area contributed by atoms with Gasteiger partial charge in [-0.15, -0.1) is 0 Å². The highest BCUT2D eigenvalue weighted by molar-refractivity contribution is 5.91. The number of carbonyl (C=O) groups is 1. The summed E-state index contributed by atoms with van der Waals surface area (Å²) >= 11 is 0. The van der Waals surface area contributed by atoms with Crippen molar-refractivity contribution < 1.29 is 4.79 Å².